The first-order chi connectivity index (χ1) is 10.6. The number of ether oxygens (including phenoxy) is 1. The average molecular weight is 482 g/mol. The van der Waals surface area contributed by atoms with Crippen molar-refractivity contribution >= 4 is 45.6 Å². The molecule has 1 rings (SSSR count). The van der Waals surface area contributed by atoms with Gasteiger partial charge < -0.3 is 15.8 Å². The Morgan fingerprint density at radius 3 is 2.38 bits per heavy atom. The Morgan fingerprint density at radius 2 is 1.88 bits per heavy atom. The van der Waals surface area contributed by atoms with E-state index in [2.05, 4.69) is 19.8 Å². The molecule has 0 saturated heterocycles. The van der Waals surface area contributed by atoms with Gasteiger partial charge in [-0.1, -0.05) is 0 Å². The van der Waals surface area contributed by atoms with Gasteiger partial charge in [-0.2, -0.15) is 0 Å². The minimum atomic E-state index is -4.74. The van der Waals surface area contributed by atoms with E-state index in [1.165, 1.54) is 12.1 Å². The molecule has 0 heterocycles. The summed E-state index contributed by atoms with van der Waals surface area (Å²) in [6, 6.07) is 4.99. The molecule has 0 aromatic heterocycles. The van der Waals surface area contributed by atoms with Crippen LogP contribution in [0.3, 0.4) is 0 Å². The topological polar surface area (TPSA) is 106 Å². The molecule has 1 aromatic carbocycles. The van der Waals surface area contributed by atoms with E-state index >= 15 is 0 Å². The molecule has 138 valence electrons. The number of rotatable bonds is 7. The maximum absolute atomic E-state index is 12.0. The second kappa shape index (κ2) is 9.88. The second-order valence-corrected chi connectivity index (χ2v) is 6.32. The van der Waals surface area contributed by atoms with E-state index in [1.807, 2.05) is 0 Å². The summed E-state index contributed by atoms with van der Waals surface area (Å²) in [7, 11) is -3.23. The van der Waals surface area contributed by atoms with Gasteiger partial charge in [0.25, 0.3) is 0 Å². The number of hydrogen-bond donors (Lipinski definition) is 3. The Bertz CT molecular complexity index is 636. The van der Waals surface area contributed by atoms with Crippen LogP contribution in [0.15, 0.2) is 29.3 Å². The molecule has 0 fully saturated rings. The maximum Gasteiger partial charge on any atom is 0.573 e. The fourth-order valence-corrected chi connectivity index (χ4v) is 1.98. The Labute approximate surface area is 154 Å². The minimum Gasteiger partial charge on any atom is -0.406 e. The number of guanidine groups is 1. The largest absolute Gasteiger partial charge is 0.573 e. The SMILES string of the molecule is CS(=O)(=O)NCCCN=C(N)Nc1ccc(OC(F)(F)F)cc1.I. The van der Waals surface area contributed by atoms with Crippen molar-refractivity contribution in [3.8, 4) is 5.75 Å². The summed E-state index contributed by atoms with van der Waals surface area (Å²) in [6.07, 6.45) is -3.23. The van der Waals surface area contributed by atoms with Crippen LogP contribution in [0.5, 0.6) is 5.75 Å². The van der Waals surface area contributed by atoms with Gasteiger partial charge >= 0.3 is 6.36 Å². The van der Waals surface area contributed by atoms with E-state index in [9.17, 15) is 21.6 Å². The normalized spacial score (nSPS) is 12.4. The summed E-state index contributed by atoms with van der Waals surface area (Å²) in [6.45, 7) is 0.524. The number of alkyl halides is 3. The van der Waals surface area contributed by atoms with Gasteiger partial charge in [0, 0.05) is 18.8 Å². The molecule has 0 atom stereocenters. The summed E-state index contributed by atoms with van der Waals surface area (Å²) in [5.74, 6) is -0.278. The van der Waals surface area contributed by atoms with Crippen molar-refractivity contribution in [2.24, 2.45) is 10.7 Å². The Hall–Kier alpha value is -1.28. The third kappa shape index (κ3) is 11.3. The number of anilines is 1. The third-order valence-electron chi connectivity index (χ3n) is 2.34. The number of sulfonamides is 1. The van der Waals surface area contributed by atoms with Crippen molar-refractivity contribution in [2.45, 2.75) is 12.8 Å². The zero-order valence-electron chi connectivity index (χ0n) is 12.6. The molecule has 24 heavy (non-hydrogen) atoms. The molecule has 0 aliphatic heterocycles. The van der Waals surface area contributed by atoms with Crippen LogP contribution in [0.2, 0.25) is 0 Å². The van der Waals surface area contributed by atoms with Gasteiger partial charge in [-0.05, 0) is 30.7 Å². The Kier molecular flexibility index (Phi) is 9.35. The van der Waals surface area contributed by atoms with E-state index in [4.69, 9.17) is 5.73 Å². The molecule has 0 saturated carbocycles. The first kappa shape index (κ1) is 22.7. The predicted molar refractivity (Wildman–Crippen MR) is 96.1 cm³/mol. The van der Waals surface area contributed by atoms with Gasteiger partial charge in [0.1, 0.15) is 5.75 Å². The first-order valence-electron chi connectivity index (χ1n) is 6.42. The molecule has 4 N–H and O–H groups in total. The lowest BCUT2D eigenvalue weighted by atomic mass is 10.3. The number of nitrogens with two attached hydrogens (primary N) is 1. The Balaban J connectivity index is 0.00000529. The molecule has 0 spiro atoms. The molecule has 0 aliphatic carbocycles. The van der Waals surface area contributed by atoms with Crippen LogP contribution in [0.4, 0.5) is 18.9 Å². The van der Waals surface area contributed by atoms with Crippen molar-refractivity contribution in [1.29, 1.82) is 0 Å². The van der Waals surface area contributed by atoms with Crippen molar-refractivity contribution in [2.75, 3.05) is 24.7 Å². The highest BCUT2D eigenvalue weighted by atomic mass is 127. The standard InChI is InChI=1S/C12H17F3N4O3S.HI/c1-23(20,21)18-8-2-7-17-11(16)19-9-3-5-10(6-4-9)22-12(13,14)15;/h3-6,18H,2,7-8H2,1H3,(H3,16,17,19);1H. The van der Waals surface area contributed by atoms with Crippen molar-refractivity contribution in [3.63, 3.8) is 0 Å². The lowest BCUT2D eigenvalue weighted by Gasteiger charge is -2.10. The van der Waals surface area contributed by atoms with Crippen LogP contribution < -0.4 is 20.5 Å². The number of hydrogen-bond acceptors (Lipinski definition) is 4. The molecule has 12 heteroatoms. The number of nitrogens with one attached hydrogen (secondary N) is 2. The van der Waals surface area contributed by atoms with Crippen molar-refractivity contribution in [1.82, 2.24) is 4.72 Å². The van der Waals surface area contributed by atoms with E-state index in [0.29, 0.717) is 12.1 Å². The molecule has 1 aromatic rings. The summed E-state index contributed by atoms with van der Waals surface area (Å²) in [5, 5.41) is 2.69. The maximum atomic E-state index is 12.0. The molecule has 0 amide bonds. The summed E-state index contributed by atoms with van der Waals surface area (Å²) >= 11 is 0. The highest BCUT2D eigenvalue weighted by molar-refractivity contribution is 14.0. The van der Waals surface area contributed by atoms with E-state index in [0.717, 1.165) is 18.4 Å². The Morgan fingerprint density at radius 1 is 1.29 bits per heavy atom. The van der Waals surface area contributed by atoms with E-state index in [-0.39, 0.29) is 48.8 Å². The molecule has 7 nitrogen and oxygen atoms in total. The average Bonchev–Trinajstić information content (AvgIpc) is 2.37. The number of nitrogens with zero attached hydrogens (tertiary/aromatic N) is 1. The lowest BCUT2D eigenvalue weighted by molar-refractivity contribution is -0.274. The van der Waals surface area contributed by atoms with Gasteiger partial charge in [0.05, 0.1) is 6.26 Å². The fraction of sp³-hybridized carbons (Fsp3) is 0.417. The highest BCUT2D eigenvalue weighted by Gasteiger charge is 2.30. The van der Waals surface area contributed by atoms with Gasteiger partial charge in [-0.15, -0.1) is 37.1 Å². The summed E-state index contributed by atoms with van der Waals surface area (Å²) in [5.41, 5.74) is 6.04. The first-order valence-corrected chi connectivity index (χ1v) is 8.32. The second-order valence-electron chi connectivity index (χ2n) is 4.48. The van der Waals surface area contributed by atoms with Gasteiger partial charge in [0.2, 0.25) is 10.0 Å². The molecule has 0 aliphatic rings. The monoisotopic (exact) mass is 482 g/mol. The molecule has 0 bridgehead atoms. The number of aliphatic imine (C=N–C) groups is 1. The van der Waals surface area contributed by atoms with Crippen LogP contribution in [-0.2, 0) is 10.0 Å². The molecule has 0 radical (unpaired) electrons. The van der Waals surface area contributed by atoms with Crippen LogP contribution in [0, 0.1) is 0 Å². The minimum absolute atomic E-state index is 0. The van der Waals surface area contributed by atoms with Crippen LogP contribution in [0.1, 0.15) is 6.42 Å². The van der Waals surface area contributed by atoms with Gasteiger partial charge in [0.15, 0.2) is 5.96 Å². The number of halogens is 4. The molecular formula is C12H18F3IN4O3S. The summed E-state index contributed by atoms with van der Waals surface area (Å²) in [4.78, 5) is 3.96. The van der Waals surface area contributed by atoms with Gasteiger partial charge in [-0.25, -0.2) is 13.1 Å². The van der Waals surface area contributed by atoms with E-state index in [1.54, 1.807) is 0 Å². The fourth-order valence-electron chi connectivity index (χ4n) is 1.46. The van der Waals surface area contributed by atoms with Crippen LogP contribution >= 0.6 is 24.0 Å². The highest BCUT2D eigenvalue weighted by Crippen LogP contribution is 2.23. The predicted octanol–water partition coefficient (Wildman–Crippen LogP) is 1.87. The zero-order valence-corrected chi connectivity index (χ0v) is 15.8. The van der Waals surface area contributed by atoms with Crippen molar-refractivity contribution < 1.29 is 26.3 Å². The van der Waals surface area contributed by atoms with Crippen LogP contribution in [-0.4, -0.2) is 40.1 Å². The quantitative estimate of drug-likeness (QED) is 0.238. The summed E-state index contributed by atoms with van der Waals surface area (Å²) < 4.78 is 63.7. The molecule has 0 unspecified atom stereocenters. The van der Waals surface area contributed by atoms with Crippen LogP contribution in [0.25, 0.3) is 0 Å². The smallest absolute Gasteiger partial charge is 0.406 e. The van der Waals surface area contributed by atoms with E-state index < -0.39 is 16.4 Å². The lowest BCUT2D eigenvalue weighted by Crippen LogP contribution is -2.25. The van der Waals surface area contributed by atoms with Crippen molar-refractivity contribution in [3.05, 3.63) is 24.3 Å². The zero-order chi connectivity index (χ0) is 17.5. The third-order valence-corrected chi connectivity index (χ3v) is 3.07. The molecular weight excluding hydrogens is 464 g/mol. The number of benzene rings is 1. The van der Waals surface area contributed by atoms with Gasteiger partial charge in [-0.3, -0.25) is 4.99 Å².